The van der Waals surface area contributed by atoms with Crippen LogP contribution in [0.15, 0.2) is 12.8 Å². The van der Waals surface area contributed by atoms with E-state index < -0.39 is 12.2 Å². The predicted octanol–water partition coefficient (Wildman–Crippen LogP) is -0.0698. The number of hydrogen-bond acceptors (Lipinski definition) is 4. The van der Waals surface area contributed by atoms with Crippen molar-refractivity contribution in [1.82, 2.24) is 10.4 Å². The number of amides is 1. The Morgan fingerprint density at radius 3 is 2.64 bits per heavy atom. The van der Waals surface area contributed by atoms with Gasteiger partial charge in [0.2, 0.25) is 5.91 Å². The molecule has 0 spiro atoms. The second-order valence-corrected chi connectivity index (χ2v) is 2.60. The van der Waals surface area contributed by atoms with Gasteiger partial charge in [-0.05, 0) is 6.92 Å². The van der Waals surface area contributed by atoms with Crippen molar-refractivity contribution in [1.29, 1.82) is 0 Å². The van der Waals surface area contributed by atoms with Crippen molar-refractivity contribution in [2.75, 3.05) is 6.54 Å². The maximum absolute atomic E-state index is 10.6. The molecule has 1 amide bonds. The number of carboxylic acids is 1. The molecule has 80 valence electrons. The molecule has 0 aromatic rings. The lowest BCUT2D eigenvalue weighted by molar-refractivity contribution is -0.182. The lowest BCUT2D eigenvalue weighted by Gasteiger charge is -2.22. The topological polar surface area (TPSA) is 78.9 Å². The molecule has 0 fully saturated rings. The van der Waals surface area contributed by atoms with E-state index >= 15 is 0 Å². The number of nitrogens with zero attached hydrogens (tertiary/aromatic N) is 1. The van der Waals surface area contributed by atoms with Gasteiger partial charge in [-0.15, -0.1) is 0 Å². The van der Waals surface area contributed by atoms with Crippen LogP contribution in [0.2, 0.25) is 0 Å². The van der Waals surface area contributed by atoms with E-state index in [1.165, 1.54) is 13.1 Å². The molecule has 1 unspecified atom stereocenters. The van der Waals surface area contributed by atoms with Crippen molar-refractivity contribution < 1.29 is 19.5 Å². The van der Waals surface area contributed by atoms with Gasteiger partial charge in [0.1, 0.15) is 6.54 Å². The highest BCUT2D eigenvalue weighted by Gasteiger charge is 2.10. The summed E-state index contributed by atoms with van der Waals surface area (Å²) < 4.78 is 0. The fourth-order valence-electron chi connectivity index (χ4n) is 0.794. The van der Waals surface area contributed by atoms with Crippen LogP contribution in [0, 0.1) is 0 Å². The van der Waals surface area contributed by atoms with Crippen LogP contribution >= 0.6 is 0 Å². The summed E-state index contributed by atoms with van der Waals surface area (Å²) in [6.07, 6.45) is 0.636. The molecule has 2 N–H and O–H groups in total. The Kier molecular flexibility index (Phi) is 5.31. The smallest absolute Gasteiger partial charge is 0.325 e. The van der Waals surface area contributed by atoms with Gasteiger partial charge >= 0.3 is 5.97 Å². The monoisotopic (exact) mass is 202 g/mol. The Hall–Kier alpha value is -1.56. The van der Waals surface area contributed by atoms with Crippen LogP contribution in [-0.4, -0.2) is 34.8 Å². The van der Waals surface area contributed by atoms with E-state index in [9.17, 15) is 9.59 Å². The quantitative estimate of drug-likeness (QED) is 0.465. The Labute approximate surface area is 82.1 Å². The van der Waals surface area contributed by atoms with E-state index in [0.29, 0.717) is 0 Å². The Morgan fingerprint density at radius 1 is 1.71 bits per heavy atom. The highest BCUT2D eigenvalue weighted by molar-refractivity contribution is 5.72. The largest absolute Gasteiger partial charge is 0.480 e. The van der Waals surface area contributed by atoms with Crippen molar-refractivity contribution in [3.8, 4) is 0 Å². The summed E-state index contributed by atoms with van der Waals surface area (Å²) in [4.78, 5) is 25.9. The molecule has 0 saturated heterocycles. The number of carbonyl (C=O) groups is 2. The van der Waals surface area contributed by atoms with Crippen molar-refractivity contribution in [3.05, 3.63) is 12.8 Å². The number of carbonyl (C=O) groups excluding carboxylic acids is 1. The summed E-state index contributed by atoms with van der Waals surface area (Å²) in [5.41, 5.74) is 0. The first-order valence-electron chi connectivity index (χ1n) is 4.00. The van der Waals surface area contributed by atoms with Crippen molar-refractivity contribution >= 4 is 11.9 Å². The minimum atomic E-state index is -1.04. The highest BCUT2D eigenvalue weighted by atomic mass is 16.7. The van der Waals surface area contributed by atoms with E-state index in [4.69, 9.17) is 9.94 Å². The van der Waals surface area contributed by atoms with Gasteiger partial charge in [0.15, 0.2) is 6.23 Å². The first-order chi connectivity index (χ1) is 6.45. The molecule has 14 heavy (non-hydrogen) atoms. The van der Waals surface area contributed by atoms with E-state index in [-0.39, 0.29) is 12.5 Å². The molecule has 0 bridgehead atoms. The summed E-state index contributed by atoms with van der Waals surface area (Å²) in [6, 6.07) is 0. The average Bonchev–Trinajstić information content (AvgIpc) is 2.00. The number of hydroxylamine groups is 2. The standard InChI is InChI=1S/C8H14N2O4/c1-4-10(5-8(12)13)14-7(3)9-6(2)11/h4,7H,1,5H2,2-3H3,(H,9,11)(H,12,13). The third-order valence-electron chi connectivity index (χ3n) is 1.19. The maximum atomic E-state index is 10.6. The molecule has 0 aliphatic heterocycles. The summed E-state index contributed by atoms with van der Waals surface area (Å²) in [7, 11) is 0. The van der Waals surface area contributed by atoms with Gasteiger partial charge in [-0.2, -0.15) is 0 Å². The number of rotatable bonds is 6. The second kappa shape index (κ2) is 5.98. The number of hydrogen-bond donors (Lipinski definition) is 2. The SMILES string of the molecule is C=CN(CC(=O)O)OC(C)NC(C)=O. The maximum Gasteiger partial charge on any atom is 0.325 e. The van der Waals surface area contributed by atoms with Crippen molar-refractivity contribution in [2.24, 2.45) is 0 Å². The van der Waals surface area contributed by atoms with Crippen LogP contribution in [0.4, 0.5) is 0 Å². The van der Waals surface area contributed by atoms with Crippen molar-refractivity contribution in [2.45, 2.75) is 20.1 Å². The molecule has 0 heterocycles. The van der Waals surface area contributed by atoms with Crippen LogP contribution in [0.5, 0.6) is 0 Å². The van der Waals surface area contributed by atoms with Gasteiger partial charge in [-0.1, -0.05) is 6.58 Å². The lowest BCUT2D eigenvalue weighted by atomic mass is 10.6. The van der Waals surface area contributed by atoms with E-state index in [0.717, 1.165) is 5.06 Å². The fourth-order valence-corrected chi connectivity index (χ4v) is 0.794. The fraction of sp³-hybridized carbons (Fsp3) is 0.500. The van der Waals surface area contributed by atoms with Crippen LogP contribution in [0.1, 0.15) is 13.8 Å². The first kappa shape index (κ1) is 12.4. The Balaban J connectivity index is 3.97. The van der Waals surface area contributed by atoms with Gasteiger partial charge in [0.05, 0.1) is 0 Å². The molecule has 6 heteroatoms. The number of nitrogens with one attached hydrogen (secondary N) is 1. The Bertz CT molecular complexity index is 229. The second-order valence-electron chi connectivity index (χ2n) is 2.60. The first-order valence-corrected chi connectivity index (χ1v) is 4.00. The molecule has 1 atom stereocenters. The molecular formula is C8H14N2O4. The number of aliphatic carboxylic acids is 1. The summed E-state index contributed by atoms with van der Waals surface area (Å²) >= 11 is 0. The minimum absolute atomic E-state index is 0.253. The van der Waals surface area contributed by atoms with Gasteiger partial charge < -0.3 is 10.4 Å². The molecule has 0 saturated carbocycles. The normalized spacial score (nSPS) is 11.6. The molecule has 0 rings (SSSR count). The molecule has 0 aliphatic rings. The predicted molar refractivity (Wildman–Crippen MR) is 48.9 cm³/mol. The van der Waals surface area contributed by atoms with E-state index in [1.807, 2.05) is 0 Å². The van der Waals surface area contributed by atoms with Gasteiger partial charge in [0.25, 0.3) is 0 Å². The van der Waals surface area contributed by atoms with Gasteiger partial charge in [-0.25, -0.2) is 9.90 Å². The molecule has 0 aliphatic carbocycles. The molecule has 6 nitrogen and oxygen atoms in total. The third kappa shape index (κ3) is 6.01. The van der Waals surface area contributed by atoms with Gasteiger partial charge in [0, 0.05) is 13.1 Å². The number of carboxylic acid groups (broad SMARTS) is 1. The van der Waals surface area contributed by atoms with Crippen LogP contribution in [-0.2, 0) is 14.4 Å². The zero-order valence-corrected chi connectivity index (χ0v) is 8.19. The van der Waals surface area contributed by atoms with Crippen LogP contribution in [0.3, 0.4) is 0 Å². The van der Waals surface area contributed by atoms with Gasteiger partial charge in [-0.3, -0.25) is 9.59 Å². The molecule has 0 aromatic carbocycles. The molecule has 0 aromatic heterocycles. The zero-order chi connectivity index (χ0) is 11.1. The van der Waals surface area contributed by atoms with Crippen LogP contribution in [0.25, 0.3) is 0 Å². The van der Waals surface area contributed by atoms with Crippen molar-refractivity contribution in [3.63, 3.8) is 0 Å². The Morgan fingerprint density at radius 2 is 2.29 bits per heavy atom. The third-order valence-corrected chi connectivity index (χ3v) is 1.19. The lowest BCUT2D eigenvalue weighted by Crippen LogP contribution is -2.38. The van der Waals surface area contributed by atoms with Crippen LogP contribution < -0.4 is 5.32 Å². The summed E-state index contributed by atoms with van der Waals surface area (Å²) in [5.74, 6) is -1.29. The highest BCUT2D eigenvalue weighted by Crippen LogP contribution is 1.95. The molecule has 0 radical (unpaired) electrons. The zero-order valence-electron chi connectivity index (χ0n) is 8.19. The minimum Gasteiger partial charge on any atom is -0.480 e. The van der Waals surface area contributed by atoms with E-state index in [1.54, 1.807) is 6.92 Å². The molecular weight excluding hydrogens is 188 g/mol. The summed E-state index contributed by atoms with van der Waals surface area (Å²) in [6.45, 7) is 5.97. The average molecular weight is 202 g/mol. The van der Waals surface area contributed by atoms with E-state index in [2.05, 4.69) is 11.9 Å². The summed E-state index contributed by atoms with van der Waals surface area (Å²) in [5, 5.41) is 11.9.